The number of nitrogens with one attached hydrogen (secondary N) is 1. The number of rotatable bonds is 0. The summed E-state index contributed by atoms with van der Waals surface area (Å²) in [5.74, 6) is 0. The molecule has 0 saturated heterocycles. The minimum Gasteiger partial charge on any atom is -0.213 e. The van der Waals surface area contributed by atoms with Crippen LogP contribution in [0.1, 0.15) is 0 Å². The van der Waals surface area contributed by atoms with Crippen LogP contribution in [0.25, 0.3) is 0 Å². The minimum atomic E-state index is 0. The van der Waals surface area contributed by atoms with Crippen molar-refractivity contribution in [3.05, 3.63) is 0 Å². The smallest absolute Gasteiger partial charge is 0 e. The van der Waals surface area contributed by atoms with Gasteiger partial charge in [-0.25, -0.2) is 4.13 Å². The van der Waals surface area contributed by atoms with Crippen LogP contribution in [0.3, 0.4) is 0 Å². The van der Waals surface area contributed by atoms with Crippen molar-refractivity contribution in [3.8, 4) is 0 Å². The standard InChI is InChI=1S/H3NS2.2Zn/c2-1-3;;/h1-3H;;. The van der Waals surface area contributed by atoms with Crippen LogP contribution >= 0.6 is 25.6 Å². The first-order chi connectivity index (χ1) is 1.41. The molecule has 0 amide bonds. The maximum Gasteiger partial charge on any atom is 0 e. The molecule has 0 spiro atoms. The van der Waals surface area contributed by atoms with Gasteiger partial charge >= 0.3 is 0 Å². The maximum absolute atomic E-state index is 3.40. The predicted octanol–water partition coefficient (Wildman–Crippen LogP) is 0.261. The molecule has 0 aliphatic heterocycles. The summed E-state index contributed by atoms with van der Waals surface area (Å²) in [7, 11) is 0. The van der Waals surface area contributed by atoms with E-state index >= 15 is 0 Å². The van der Waals surface area contributed by atoms with Gasteiger partial charge in [0.15, 0.2) is 0 Å². The average Bonchev–Trinajstić information content (AvgIpc) is 0.918. The van der Waals surface area contributed by atoms with Crippen molar-refractivity contribution in [1.82, 2.24) is 4.13 Å². The van der Waals surface area contributed by atoms with E-state index in [2.05, 4.69) is 29.8 Å². The number of hydrogen-bond acceptors (Lipinski definition) is 3. The molecule has 0 radical (unpaired) electrons. The van der Waals surface area contributed by atoms with E-state index in [1.807, 2.05) is 0 Å². The Balaban J connectivity index is -0.0000000200. The van der Waals surface area contributed by atoms with Crippen molar-refractivity contribution in [3.63, 3.8) is 0 Å². The Morgan fingerprint density at radius 1 is 1.00 bits per heavy atom. The van der Waals surface area contributed by atoms with Gasteiger partial charge in [-0.15, -0.1) is 0 Å². The van der Waals surface area contributed by atoms with Gasteiger partial charge in [-0.1, -0.05) is 25.6 Å². The third-order valence-corrected chi connectivity index (χ3v) is 0. The fraction of sp³-hybridized carbons (Fsp3) is 0. The van der Waals surface area contributed by atoms with E-state index in [1.165, 1.54) is 0 Å². The molecule has 0 fully saturated rings. The van der Waals surface area contributed by atoms with Crippen LogP contribution in [0.15, 0.2) is 0 Å². The summed E-state index contributed by atoms with van der Waals surface area (Å²) >= 11 is 6.81. The Hall–Kier alpha value is 1.91. The van der Waals surface area contributed by atoms with Gasteiger partial charge in [-0.2, -0.15) is 0 Å². The SMILES string of the molecule is SNS.[Zn].[Zn]. The van der Waals surface area contributed by atoms with Crippen LogP contribution in [-0.4, -0.2) is 0 Å². The second-order valence-electron chi connectivity index (χ2n) is 0.100. The zero-order chi connectivity index (χ0) is 2.71. The number of hydrogen-bond donors (Lipinski definition) is 3. The largest absolute Gasteiger partial charge is 0.213 e. The fourth-order valence-corrected chi connectivity index (χ4v) is 0. The van der Waals surface area contributed by atoms with Crippen LogP contribution in [0.5, 0.6) is 0 Å². The molecule has 0 aromatic heterocycles. The third-order valence-electron chi connectivity index (χ3n) is 0. The van der Waals surface area contributed by atoms with Crippen molar-refractivity contribution in [2.24, 2.45) is 0 Å². The molecule has 0 atom stereocenters. The molecule has 0 heterocycles. The van der Waals surface area contributed by atoms with Crippen molar-refractivity contribution in [1.29, 1.82) is 0 Å². The summed E-state index contributed by atoms with van der Waals surface area (Å²) < 4.78 is 2.14. The van der Waals surface area contributed by atoms with Gasteiger partial charge < -0.3 is 0 Å². The molecule has 0 unspecified atom stereocenters. The average molecular weight is 212 g/mol. The van der Waals surface area contributed by atoms with Gasteiger partial charge in [0.05, 0.1) is 0 Å². The quantitative estimate of drug-likeness (QED) is 0.386. The van der Waals surface area contributed by atoms with Gasteiger partial charge in [0, 0.05) is 39.0 Å². The van der Waals surface area contributed by atoms with Crippen LogP contribution in [0, 0.1) is 0 Å². The molecule has 24 valence electrons. The fourth-order valence-electron chi connectivity index (χ4n) is 0. The van der Waals surface area contributed by atoms with Crippen LogP contribution in [-0.2, 0) is 39.0 Å². The maximum atomic E-state index is 3.40. The van der Waals surface area contributed by atoms with E-state index in [-0.39, 0.29) is 39.0 Å². The Bertz CT molecular complexity index is 7.61. The molecule has 0 aliphatic rings. The van der Waals surface area contributed by atoms with Gasteiger partial charge in [0.2, 0.25) is 0 Å². The van der Waals surface area contributed by atoms with Crippen LogP contribution in [0.4, 0.5) is 0 Å². The van der Waals surface area contributed by atoms with Crippen LogP contribution < -0.4 is 4.13 Å². The zero-order valence-corrected chi connectivity index (χ0v) is 10.5. The Morgan fingerprint density at radius 2 is 1.00 bits per heavy atom. The molecule has 0 aliphatic carbocycles. The van der Waals surface area contributed by atoms with E-state index in [1.54, 1.807) is 0 Å². The molecule has 0 bridgehead atoms. The summed E-state index contributed by atoms with van der Waals surface area (Å²) in [4.78, 5) is 0. The van der Waals surface area contributed by atoms with Crippen LogP contribution in [0.2, 0.25) is 0 Å². The molecular weight excluding hydrogens is 209 g/mol. The molecule has 5 heteroatoms. The first-order valence-corrected chi connectivity index (χ1v) is 1.34. The molecule has 1 N–H and O–H groups in total. The van der Waals surface area contributed by atoms with Crippen molar-refractivity contribution in [2.45, 2.75) is 0 Å². The monoisotopic (exact) mass is 209 g/mol. The number of thiol groups is 2. The predicted molar refractivity (Wildman–Crippen MR) is 21.1 cm³/mol. The van der Waals surface area contributed by atoms with Gasteiger partial charge in [0.1, 0.15) is 0 Å². The second kappa shape index (κ2) is 16.8. The molecule has 0 rings (SSSR count). The Morgan fingerprint density at radius 3 is 1.00 bits per heavy atom. The van der Waals surface area contributed by atoms with E-state index in [0.29, 0.717) is 0 Å². The van der Waals surface area contributed by atoms with E-state index < -0.39 is 0 Å². The zero-order valence-electron chi connectivity index (χ0n) is 2.81. The van der Waals surface area contributed by atoms with E-state index in [4.69, 9.17) is 0 Å². The van der Waals surface area contributed by atoms with Gasteiger partial charge in [-0.05, 0) is 0 Å². The summed E-state index contributed by atoms with van der Waals surface area (Å²) in [5.41, 5.74) is 0. The molecular formula is H3NS2Zn2. The summed E-state index contributed by atoms with van der Waals surface area (Å²) in [6, 6.07) is 0. The Kier molecular flexibility index (Phi) is 53.1. The van der Waals surface area contributed by atoms with Crippen molar-refractivity contribution < 1.29 is 39.0 Å². The molecule has 0 aromatic carbocycles. The van der Waals surface area contributed by atoms with Gasteiger partial charge in [0.25, 0.3) is 0 Å². The van der Waals surface area contributed by atoms with Gasteiger partial charge in [-0.3, -0.25) is 0 Å². The first-order valence-electron chi connectivity index (χ1n) is 0.447. The molecule has 5 heavy (non-hydrogen) atoms. The van der Waals surface area contributed by atoms with E-state index in [9.17, 15) is 0 Å². The second-order valence-corrected chi connectivity index (χ2v) is 0.900. The molecule has 0 saturated carbocycles. The topological polar surface area (TPSA) is 12.0 Å². The normalized spacial score (nSPS) is 3.60. The van der Waals surface area contributed by atoms with E-state index in [0.717, 1.165) is 0 Å². The summed E-state index contributed by atoms with van der Waals surface area (Å²) in [6.07, 6.45) is 0. The molecule has 1 nitrogen and oxygen atoms in total. The Labute approximate surface area is 68.3 Å². The van der Waals surface area contributed by atoms with Crippen molar-refractivity contribution >= 4 is 25.6 Å². The first kappa shape index (κ1) is 15.8. The summed E-state index contributed by atoms with van der Waals surface area (Å²) in [5, 5.41) is 0. The summed E-state index contributed by atoms with van der Waals surface area (Å²) in [6.45, 7) is 0. The third kappa shape index (κ3) is 24.8. The van der Waals surface area contributed by atoms with Crippen molar-refractivity contribution in [2.75, 3.05) is 0 Å². The minimum absolute atomic E-state index is 0. The molecule has 0 aromatic rings.